The van der Waals surface area contributed by atoms with Crippen molar-refractivity contribution < 1.29 is 17.7 Å². The summed E-state index contributed by atoms with van der Waals surface area (Å²) in [6.07, 6.45) is 4.49. The zero-order valence-corrected chi connectivity index (χ0v) is 17.4. The minimum atomic E-state index is -3.59. The maximum absolute atomic E-state index is 13.3. The molecule has 1 amide bonds. The molecular formula is C20H27N3O4S. The van der Waals surface area contributed by atoms with Gasteiger partial charge in [-0.25, -0.2) is 8.42 Å². The Bertz CT molecular complexity index is 958. The van der Waals surface area contributed by atoms with Crippen LogP contribution in [0.4, 0.5) is 5.88 Å². The van der Waals surface area contributed by atoms with Gasteiger partial charge in [-0.3, -0.25) is 10.1 Å². The van der Waals surface area contributed by atoms with Crippen molar-refractivity contribution in [2.24, 2.45) is 0 Å². The quantitative estimate of drug-likeness (QED) is 0.818. The van der Waals surface area contributed by atoms with Crippen LogP contribution in [0.2, 0.25) is 0 Å². The second-order valence-corrected chi connectivity index (χ2v) is 9.07. The maximum Gasteiger partial charge on any atom is 0.243 e. The number of carbonyl (C=O) groups is 1. The molecule has 1 aromatic carbocycles. The summed E-state index contributed by atoms with van der Waals surface area (Å²) in [6.45, 7) is 6.23. The molecule has 2 aromatic rings. The van der Waals surface area contributed by atoms with Gasteiger partial charge in [-0.1, -0.05) is 37.1 Å². The van der Waals surface area contributed by atoms with Crippen molar-refractivity contribution in [2.45, 2.75) is 57.8 Å². The van der Waals surface area contributed by atoms with Gasteiger partial charge in [-0.05, 0) is 43.4 Å². The zero-order valence-electron chi connectivity index (χ0n) is 16.6. The normalized spacial score (nSPS) is 16.0. The van der Waals surface area contributed by atoms with Crippen molar-refractivity contribution in [1.29, 1.82) is 0 Å². The Morgan fingerprint density at radius 1 is 1.21 bits per heavy atom. The van der Waals surface area contributed by atoms with E-state index in [0.29, 0.717) is 46.8 Å². The fourth-order valence-corrected chi connectivity index (χ4v) is 5.33. The Balaban J connectivity index is 2.07. The van der Waals surface area contributed by atoms with Crippen molar-refractivity contribution in [3.63, 3.8) is 0 Å². The van der Waals surface area contributed by atoms with Crippen molar-refractivity contribution in [3.05, 3.63) is 29.5 Å². The number of aromatic nitrogens is 1. The first-order chi connectivity index (χ1) is 13.3. The highest BCUT2D eigenvalue weighted by Gasteiger charge is 2.28. The van der Waals surface area contributed by atoms with Crippen molar-refractivity contribution in [3.8, 4) is 11.1 Å². The predicted molar refractivity (Wildman–Crippen MR) is 108 cm³/mol. The van der Waals surface area contributed by atoms with Gasteiger partial charge in [0.05, 0.1) is 16.2 Å². The summed E-state index contributed by atoms with van der Waals surface area (Å²) in [5.41, 5.74) is 2.67. The molecule has 3 rings (SSSR count). The third kappa shape index (κ3) is 4.12. The first kappa shape index (κ1) is 20.5. The van der Waals surface area contributed by atoms with Crippen LogP contribution in [0.1, 0.15) is 50.8 Å². The van der Waals surface area contributed by atoms with Crippen LogP contribution in [-0.4, -0.2) is 36.9 Å². The molecule has 0 unspecified atom stereocenters. The first-order valence-corrected chi connectivity index (χ1v) is 11.2. The second kappa shape index (κ2) is 8.45. The molecular weight excluding hydrogens is 378 g/mol. The summed E-state index contributed by atoms with van der Waals surface area (Å²) < 4.78 is 33.5. The lowest BCUT2D eigenvalue weighted by Crippen LogP contribution is -2.32. The van der Waals surface area contributed by atoms with Crippen LogP contribution < -0.4 is 5.32 Å². The summed E-state index contributed by atoms with van der Waals surface area (Å²) >= 11 is 0. The van der Waals surface area contributed by atoms with Crippen molar-refractivity contribution in [2.75, 3.05) is 18.4 Å². The number of rotatable bonds is 5. The number of hydrogen-bond donors (Lipinski definition) is 1. The monoisotopic (exact) mass is 405 g/mol. The van der Waals surface area contributed by atoms with Crippen LogP contribution in [0.3, 0.4) is 0 Å². The molecule has 0 radical (unpaired) electrons. The molecule has 0 aliphatic carbocycles. The van der Waals surface area contributed by atoms with E-state index in [1.807, 2.05) is 13.0 Å². The molecule has 1 fully saturated rings. The molecule has 28 heavy (non-hydrogen) atoms. The smallest absolute Gasteiger partial charge is 0.243 e. The predicted octanol–water partition coefficient (Wildman–Crippen LogP) is 3.74. The van der Waals surface area contributed by atoms with Crippen molar-refractivity contribution >= 4 is 21.8 Å². The van der Waals surface area contributed by atoms with E-state index in [0.717, 1.165) is 25.7 Å². The molecule has 7 nitrogen and oxygen atoms in total. The SMILES string of the molecule is CCc1noc(NC(C)=O)c1-c1ccc(C)c(S(=O)(=O)N2CCCCCC2)c1. The van der Waals surface area contributed by atoms with Crippen molar-refractivity contribution in [1.82, 2.24) is 9.46 Å². The van der Waals surface area contributed by atoms with Gasteiger partial charge in [-0.2, -0.15) is 4.31 Å². The van der Waals surface area contributed by atoms with E-state index in [2.05, 4.69) is 10.5 Å². The third-order valence-corrected chi connectivity index (χ3v) is 7.09. The van der Waals surface area contributed by atoms with Gasteiger partial charge in [0.1, 0.15) is 0 Å². The average Bonchev–Trinajstić information content (AvgIpc) is 2.86. The summed E-state index contributed by atoms with van der Waals surface area (Å²) in [7, 11) is -3.59. The number of amides is 1. The number of sulfonamides is 1. The number of hydrogen-bond acceptors (Lipinski definition) is 5. The topological polar surface area (TPSA) is 92.5 Å². The van der Waals surface area contributed by atoms with E-state index in [9.17, 15) is 13.2 Å². The molecule has 1 aromatic heterocycles. The van der Waals surface area contributed by atoms with E-state index >= 15 is 0 Å². The number of nitrogens with one attached hydrogen (secondary N) is 1. The Hall–Kier alpha value is -2.19. The van der Waals surface area contributed by atoms with Crippen LogP contribution in [0, 0.1) is 6.92 Å². The number of anilines is 1. The lowest BCUT2D eigenvalue weighted by molar-refractivity contribution is -0.114. The lowest BCUT2D eigenvalue weighted by Gasteiger charge is -2.21. The molecule has 1 N–H and O–H groups in total. The molecule has 1 aliphatic heterocycles. The summed E-state index contributed by atoms with van der Waals surface area (Å²) in [4.78, 5) is 11.8. The highest BCUT2D eigenvalue weighted by Crippen LogP contribution is 2.35. The second-order valence-electron chi connectivity index (χ2n) is 7.17. The van der Waals surface area contributed by atoms with Gasteiger partial charge < -0.3 is 4.52 Å². The highest BCUT2D eigenvalue weighted by atomic mass is 32.2. The molecule has 8 heteroatoms. The number of benzene rings is 1. The minimum absolute atomic E-state index is 0.242. The molecule has 0 bridgehead atoms. The summed E-state index contributed by atoms with van der Waals surface area (Å²) in [5.74, 6) is -0.0316. The first-order valence-electron chi connectivity index (χ1n) is 9.72. The van der Waals surface area contributed by atoms with Crippen LogP contribution >= 0.6 is 0 Å². The number of carbonyl (C=O) groups excluding carboxylic acids is 1. The molecule has 0 saturated carbocycles. The Morgan fingerprint density at radius 3 is 2.50 bits per heavy atom. The zero-order chi connectivity index (χ0) is 20.3. The molecule has 0 atom stereocenters. The summed E-state index contributed by atoms with van der Waals surface area (Å²) in [6, 6.07) is 5.31. The van der Waals surface area contributed by atoms with Gasteiger partial charge in [-0.15, -0.1) is 0 Å². The fourth-order valence-electron chi connectivity index (χ4n) is 3.56. The number of aryl methyl sites for hydroxylation is 2. The molecule has 1 aliphatic rings. The fraction of sp³-hybridized carbons (Fsp3) is 0.500. The average molecular weight is 406 g/mol. The Morgan fingerprint density at radius 2 is 1.89 bits per heavy atom. The standard InChI is InChI=1S/C20H27N3O4S/c1-4-17-19(20(27-22-17)21-15(3)24)16-10-9-14(2)18(13-16)28(25,26)23-11-7-5-6-8-12-23/h9-10,13H,4-8,11-12H2,1-3H3,(H,21,24). The van der Waals surface area contributed by atoms with Gasteiger partial charge >= 0.3 is 0 Å². The number of nitrogens with zero attached hydrogens (tertiary/aromatic N) is 2. The molecule has 0 spiro atoms. The third-order valence-electron chi connectivity index (χ3n) is 5.05. The van der Waals surface area contributed by atoms with Crippen LogP contribution in [0.15, 0.2) is 27.6 Å². The van der Waals surface area contributed by atoms with Gasteiger partial charge in [0.15, 0.2) is 0 Å². The van der Waals surface area contributed by atoms with Gasteiger partial charge in [0, 0.05) is 20.0 Å². The molecule has 1 saturated heterocycles. The Labute approximate surface area is 166 Å². The minimum Gasteiger partial charge on any atom is -0.337 e. The van der Waals surface area contributed by atoms with Gasteiger partial charge in [0.25, 0.3) is 0 Å². The highest BCUT2D eigenvalue weighted by molar-refractivity contribution is 7.89. The Kier molecular flexibility index (Phi) is 6.20. The van der Waals surface area contributed by atoms with E-state index in [1.54, 1.807) is 23.4 Å². The van der Waals surface area contributed by atoms with E-state index in [4.69, 9.17) is 4.52 Å². The maximum atomic E-state index is 13.3. The lowest BCUT2D eigenvalue weighted by atomic mass is 10.0. The molecule has 152 valence electrons. The van der Waals surface area contributed by atoms with Gasteiger partial charge in [0.2, 0.25) is 21.8 Å². The van der Waals surface area contributed by atoms with E-state index in [-0.39, 0.29) is 11.8 Å². The summed E-state index contributed by atoms with van der Waals surface area (Å²) in [5, 5.41) is 6.67. The van der Waals surface area contributed by atoms with Crippen LogP contribution in [-0.2, 0) is 21.2 Å². The van der Waals surface area contributed by atoms with E-state index < -0.39 is 10.0 Å². The molecule has 2 heterocycles. The van der Waals surface area contributed by atoms with Crippen LogP contribution in [0.25, 0.3) is 11.1 Å². The largest absolute Gasteiger partial charge is 0.337 e. The van der Waals surface area contributed by atoms with E-state index in [1.165, 1.54) is 6.92 Å². The van der Waals surface area contributed by atoms with Crippen LogP contribution in [0.5, 0.6) is 0 Å².